The fraction of sp³-hybridized carbons (Fsp3) is 0.471. The largest absolute Gasteiger partial charge is 0.382 e. The van der Waals surface area contributed by atoms with Gasteiger partial charge in [0.2, 0.25) is 12.0 Å². The first-order valence-corrected chi connectivity index (χ1v) is 8.06. The van der Waals surface area contributed by atoms with Gasteiger partial charge in [-0.3, -0.25) is 9.59 Å². The Morgan fingerprint density at radius 3 is 2.67 bits per heavy atom. The van der Waals surface area contributed by atoms with E-state index in [1.807, 2.05) is 31.2 Å². The summed E-state index contributed by atoms with van der Waals surface area (Å²) in [6, 6.07) is 7.90. The van der Waals surface area contributed by atoms with E-state index < -0.39 is 6.10 Å². The van der Waals surface area contributed by atoms with Gasteiger partial charge in [0.1, 0.15) is 0 Å². The first-order valence-electron chi connectivity index (χ1n) is 8.06. The van der Waals surface area contributed by atoms with Crippen LogP contribution in [0.4, 0.5) is 0 Å². The van der Waals surface area contributed by atoms with Gasteiger partial charge in [0, 0.05) is 19.5 Å². The quantitative estimate of drug-likeness (QED) is 0.869. The summed E-state index contributed by atoms with van der Waals surface area (Å²) >= 11 is 0. The lowest BCUT2D eigenvalue weighted by Gasteiger charge is -2.27. The number of hydrogen-bond donors (Lipinski definition) is 1. The molecule has 0 spiro atoms. The number of aryl methyl sites for hydroxylation is 1. The van der Waals surface area contributed by atoms with Gasteiger partial charge >= 0.3 is 0 Å². The molecule has 7 heteroatoms. The van der Waals surface area contributed by atoms with Crippen molar-refractivity contribution in [2.45, 2.75) is 19.4 Å². The lowest BCUT2D eigenvalue weighted by atomic mass is 10.0. The molecule has 24 heavy (non-hydrogen) atoms. The second-order valence-corrected chi connectivity index (χ2v) is 5.91. The fourth-order valence-corrected chi connectivity index (χ4v) is 2.64. The van der Waals surface area contributed by atoms with Crippen molar-refractivity contribution in [1.29, 1.82) is 0 Å². The molecule has 7 nitrogen and oxygen atoms in total. The van der Waals surface area contributed by atoms with Crippen molar-refractivity contribution >= 4 is 17.5 Å². The summed E-state index contributed by atoms with van der Waals surface area (Å²) in [6.45, 7) is 4.19. The normalized spacial score (nSPS) is 20.3. The molecular weight excluding hydrogens is 310 g/mol. The van der Waals surface area contributed by atoms with Crippen LogP contribution in [-0.4, -0.2) is 61.4 Å². The summed E-state index contributed by atoms with van der Waals surface area (Å²) in [5.41, 5.74) is 2.85. The maximum absolute atomic E-state index is 12.2. The number of hydrogen-bond acceptors (Lipinski definition) is 5. The Morgan fingerprint density at radius 2 is 1.96 bits per heavy atom. The first-order chi connectivity index (χ1) is 11.6. The highest BCUT2D eigenvalue weighted by molar-refractivity contribution is 6.04. The van der Waals surface area contributed by atoms with Crippen molar-refractivity contribution in [1.82, 2.24) is 10.2 Å². The molecule has 0 aliphatic carbocycles. The van der Waals surface area contributed by atoms with Crippen LogP contribution in [0.2, 0.25) is 0 Å². The molecule has 1 aromatic rings. The highest BCUT2D eigenvalue weighted by atomic mass is 16.6. The Hall–Kier alpha value is -2.41. The van der Waals surface area contributed by atoms with E-state index in [0.717, 1.165) is 16.8 Å². The number of carbonyl (C=O) groups is 2. The summed E-state index contributed by atoms with van der Waals surface area (Å²) in [6.07, 6.45) is -0.278. The van der Waals surface area contributed by atoms with E-state index in [-0.39, 0.29) is 18.4 Å². The SMILES string of the molecule is Cc1ccc(C2=NOC(C(=O)NCC(=O)N3CCOCC3)C2)cc1. The molecule has 1 atom stereocenters. The van der Waals surface area contributed by atoms with Crippen molar-refractivity contribution in [2.75, 3.05) is 32.8 Å². The number of ether oxygens (including phenoxy) is 1. The predicted octanol–water partition coefficient (Wildman–Crippen LogP) is 0.463. The Morgan fingerprint density at radius 1 is 1.25 bits per heavy atom. The van der Waals surface area contributed by atoms with E-state index in [0.29, 0.717) is 32.7 Å². The molecule has 2 aliphatic heterocycles. The van der Waals surface area contributed by atoms with E-state index in [9.17, 15) is 9.59 Å². The van der Waals surface area contributed by atoms with Crippen molar-refractivity contribution in [3.63, 3.8) is 0 Å². The van der Waals surface area contributed by atoms with E-state index in [4.69, 9.17) is 9.57 Å². The molecule has 1 N–H and O–H groups in total. The van der Waals surface area contributed by atoms with Crippen LogP contribution in [0.3, 0.4) is 0 Å². The van der Waals surface area contributed by atoms with Crippen LogP contribution in [0.25, 0.3) is 0 Å². The molecule has 0 aromatic heterocycles. The van der Waals surface area contributed by atoms with Crippen molar-refractivity contribution in [3.05, 3.63) is 35.4 Å². The lowest BCUT2D eigenvalue weighted by Crippen LogP contribution is -2.47. The minimum Gasteiger partial charge on any atom is -0.382 e. The molecule has 1 unspecified atom stereocenters. The number of nitrogens with zero attached hydrogens (tertiary/aromatic N) is 2. The zero-order chi connectivity index (χ0) is 16.9. The van der Waals surface area contributed by atoms with Gasteiger partial charge in [-0.15, -0.1) is 0 Å². The molecule has 1 aromatic carbocycles. The summed E-state index contributed by atoms with van der Waals surface area (Å²) in [4.78, 5) is 31.1. The minimum atomic E-state index is -0.682. The maximum Gasteiger partial charge on any atom is 0.264 e. The Balaban J connectivity index is 1.47. The van der Waals surface area contributed by atoms with Crippen LogP contribution < -0.4 is 5.32 Å². The van der Waals surface area contributed by atoms with E-state index >= 15 is 0 Å². The second-order valence-electron chi connectivity index (χ2n) is 5.91. The maximum atomic E-state index is 12.2. The van der Waals surface area contributed by atoms with E-state index in [1.54, 1.807) is 4.90 Å². The molecule has 1 fully saturated rings. The lowest BCUT2D eigenvalue weighted by molar-refractivity contribution is -0.138. The highest BCUT2D eigenvalue weighted by Crippen LogP contribution is 2.17. The minimum absolute atomic E-state index is 0.0292. The van der Waals surface area contributed by atoms with Gasteiger partial charge in [0.25, 0.3) is 5.91 Å². The molecule has 0 saturated carbocycles. The molecule has 3 rings (SSSR count). The molecule has 2 heterocycles. The fourth-order valence-electron chi connectivity index (χ4n) is 2.64. The third-order valence-electron chi connectivity index (χ3n) is 4.12. The average molecular weight is 331 g/mol. The van der Waals surface area contributed by atoms with Gasteiger partial charge in [-0.1, -0.05) is 35.0 Å². The summed E-state index contributed by atoms with van der Waals surface area (Å²) in [5, 5.41) is 6.63. The molecule has 128 valence electrons. The standard InChI is InChI=1S/C17H21N3O4/c1-12-2-4-13(5-3-12)14-10-15(24-19-14)17(22)18-11-16(21)20-6-8-23-9-7-20/h2-5,15H,6-11H2,1H3,(H,18,22). The number of benzene rings is 1. The summed E-state index contributed by atoms with van der Waals surface area (Å²) in [5.74, 6) is -0.424. The van der Waals surface area contributed by atoms with Gasteiger partial charge < -0.3 is 19.8 Å². The van der Waals surface area contributed by atoms with E-state index in [2.05, 4.69) is 10.5 Å². The number of rotatable bonds is 4. The zero-order valence-electron chi connectivity index (χ0n) is 13.7. The molecule has 0 bridgehead atoms. The number of amides is 2. The topological polar surface area (TPSA) is 80.2 Å². The van der Waals surface area contributed by atoms with Crippen LogP contribution in [0.1, 0.15) is 17.5 Å². The van der Waals surface area contributed by atoms with Gasteiger partial charge in [-0.25, -0.2) is 0 Å². The molecule has 2 amide bonds. The number of carbonyl (C=O) groups excluding carboxylic acids is 2. The van der Waals surface area contributed by atoms with Crippen LogP contribution in [0.5, 0.6) is 0 Å². The van der Waals surface area contributed by atoms with Gasteiger partial charge in [-0.05, 0) is 12.5 Å². The molecular formula is C17H21N3O4. The third-order valence-corrected chi connectivity index (χ3v) is 4.12. The molecule has 1 saturated heterocycles. The zero-order valence-corrected chi connectivity index (χ0v) is 13.7. The molecule has 2 aliphatic rings. The summed E-state index contributed by atoms with van der Waals surface area (Å²) in [7, 11) is 0. The third kappa shape index (κ3) is 3.91. The monoisotopic (exact) mass is 331 g/mol. The van der Waals surface area contributed by atoms with Gasteiger partial charge in [0.15, 0.2) is 0 Å². The first kappa shape index (κ1) is 16.4. The average Bonchev–Trinajstić information content (AvgIpc) is 3.11. The number of nitrogens with one attached hydrogen (secondary N) is 1. The van der Waals surface area contributed by atoms with Crippen LogP contribution in [0.15, 0.2) is 29.4 Å². The molecule has 0 radical (unpaired) electrons. The number of morpholine rings is 1. The van der Waals surface area contributed by atoms with Crippen LogP contribution in [0, 0.1) is 6.92 Å². The van der Waals surface area contributed by atoms with Crippen molar-refractivity contribution in [3.8, 4) is 0 Å². The van der Waals surface area contributed by atoms with Crippen molar-refractivity contribution in [2.24, 2.45) is 5.16 Å². The predicted molar refractivity (Wildman–Crippen MR) is 87.6 cm³/mol. The van der Waals surface area contributed by atoms with Crippen LogP contribution in [-0.2, 0) is 19.2 Å². The smallest absolute Gasteiger partial charge is 0.264 e. The Bertz CT molecular complexity index is 636. The Labute approximate surface area is 140 Å². The highest BCUT2D eigenvalue weighted by Gasteiger charge is 2.29. The summed E-state index contributed by atoms with van der Waals surface area (Å²) < 4.78 is 5.20. The van der Waals surface area contributed by atoms with Gasteiger partial charge in [0.05, 0.1) is 25.5 Å². The van der Waals surface area contributed by atoms with Crippen molar-refractivity contribution < 1.29 is 19.2 Å². The van der Waals surface area contributed by atoms with E-state index in [1.165, 1.54) is 0 Å². The number of oxime groups is 1. The second kappa shape index (κ2) is 7.44. The Kier molecular flexibility index (Phi) is 5.10. The van der Waals surface area contributed by atoms with Crippen LogP contribution >= 0.6 is 0 Å². The van der Waals surface area contributed by atoms with Gasteiger partial charge in [-0.2, -0.15) is 0 Å².